The molecule has 0 bridgehead atoms. The molecule has 1 unspecified atom stereocenters. The molecule has 17 heavy (non-hydrogen) atoms. The van der Waals surface area contributed by atoms with Crippen LogP contribution < -0.4 is 11.1 Å². The lowest BCUT2D eigenvalue weighted by molar-refractivity contribution is 0.0502. The maximum Gasteiger partial charge on any atom is 0.407 e. The highest BCUT2D eigenvalue weighted by Gasteiger charge is 2.32. The topological polar surface area (TPSA) is 64.3 Å². The summed E-state index contributed by atoms with van der Waals surface area (Å²) in [5, 5.41) is 2.84. The molecule has 0 heterocycles. The standard InChI is InChI=1S/C13H26N2O2/c1-10(6-9-13(14)7-5-8-13)15-11(16)17-12(2,3)4/h10H,5-9,14H2,1-4H3,(H,15,16). The van der Waals surface area contributed by atoms with Gasteiger partial charge < -0.3 is 15.8 Å². The van der Waals surface area contributed by atoms with E-state index in [4.69, 9.17) is 10.5 Å². The molecule has 1 rings (SSSR count). The predicted molar refractivity (Wildman–Crippen MR) is 68.8 cm³/mol. The number of alkyl carbamates (subject to hydrolysis) is 1. The Morgan fingerprint density at radius 2 is 2.06 bits per heavy atom. The van der Waals surface area contributed by atoms with Crippen LogP contribution in [0.5, 0.6) is 0 Å². The van der Waals surface area contributed by atoms with E-state index in [-0.39, 0.29) is 17.7 Å². The van der Waals surface area contributed by atoms with Crippen LogP contribution >= 0.6 is 0 Å². The predicted octanol–water partition coefficient (Wildman–Crippen LogP) is 2.56. The van der Waals surface area contributed by atoms with Crippen LogP contribution in [-0.2, 0) is 4.74 Å². The highest BCUT2D eigenvalue weighted by atomic mass is 16.6. The van der Waals surface area contributed by atoms with Crippen molar-refractivity contribution in [3.8, 4) is 0 Å². The summed E-state index contributed by atoms with van der Waals surface area (Å²) in [6, 6.07) is 0.117. The first-order chi connectivity index (χ1) is 7.70. The van der Waals surface area contributed by atoms with E-state index in [0.29, 0.717) is 0 Å². The number of ether oxygens (including phenoxy) is 1. The third-order valence-corrected chi connectivity index (χ3v) is 3.19. The van der Waals surface area contributed by atoms with Gasteiger partial charge in [-0.3, -0.25) is 0 Å². The Bertz CT molecular complexity index is 267. The Kier molecular flexibility index (Phi) is 4.42. The van der Waals surface area contributed by atoms with Crippen LogP contribution in [0.25, 0.3) is 0 Å². The van der Waals surface area contributed by atoms with E-state index in [0.717, 1.165) is 25.7 Å². The molecule has 1 saturated carbocycles. The van der Waals surface area contributed by atoms with E-state index in [1.807, 2.05) is 27.7 Å². The largest absolute Gasteiger partial charge is 0.444 e. The van der Waals surface area contributed by atoms with Crippen LogP contribution in [0.2, 0.25) is 0 Å². The van der Waals surface area contributed by atoms with Gasteiger partial charge in [0, 0.05) is 11.6 Å². The van der Waals surface area contributed by atoms with Gasteiger partial charge in [0.1, 0.15) is 5.60 Å². The van der Waals surface area contributed by atoms with Crippen LogP contribution in [0.3, 0.4) is 0 Å². The zero-order valence-corrected chi connectivity index (χ0v) is 11.5. The summed E-state index contributed by atoms with van der Waals surface area (Å²) in [6.07, 6.45) is 5.02. The molecule has 1 atom stereocenters. The maximum absolute atomic E-state index is 11.5. The fraction of sp³-hybridized carbons (Fsp3) is 0.923. The molecule has 0 saturated heterocycles. The zero-order chi connectivity index (χ0) is 13.1. The Balaban J connectivity index is 2.20. The van der Waals surface area contributed by atoms with Crippen molar-refractivity contribution in [1.82, 2.24) is 5.32 Å². The van der Waals surface area contributed by atoms with Crippen molar-refractivity contribution in [2.24, 2.45) is 5.73 Å². The number of nitrogens with one attached hydrogen (secondary N) is 1. The minimum absolute atomic E-state index is 0.0316. The van der Waals surface area contributed by atoms with Crippen LogP contribution in [-0.4, -0.2) is 23.3 Å². The number of carbonyl (C=O) groups excluding carboxylic acids is 1. The Morgan fingerprint density at radius 3 is 2.47 bits per heavy atom. The molecule has 4 heteroatoms. The fourth-order valence-corrected chi connectivity index (χ4v) is 1.97. The Hall–Kier alpha value is -0.770. The molecule has 0 aliphatic heterocycles. The van der Waals surface area contributed by atoms with Crippen LogP contribution in [0.1, 0.15) is 59.8 Å². The summed E-state index contributed by atoms with van der Waals surface area (Å²) in [6.45, 7) is 7.58. The molecule has 0 radical (unpaired) electrons. The molecular weight excluding hydrogens is 216 g/mol. The van der Waals surface area contributed by atoms with Crippen molar-refractivity contribution in [3.63, 3.8) is 0 Å². The summed E-state index contributed by atoms with van der Waals surface area (Å²) < 4.78 is 5.20. The van der Waals surface area contributed by atoms with Crippen LogP contribution in [0.4, 0.5) is 4.79 Å². The van der Waals surface area contributed by atoms with E-state index in [1.54, 1.807) is 0 Å². The number of amides is 1. The minimum atomic E-state index is -0.438. The summed E-state index contributed by atoms with van der Waals surface area (Å²) in [4.78, 5) is 11.5. The monoisotopic (exact) mass is 242 g/mol. The van der Waals surface area contributed by atoms with Crippen LogP contribution in [0.15, 0.2) is 0 Å². The van der Waals surface area contributed by atoms with Crippen molar-refractivity contribution < 1.29 is 9.53 Å². The van der Waals surface area contributed by atoms with E-state index in [9.17, 15) is 4.79 Å². The highest BCUT2D eigenvalue weighted by molar-refractivity contribution is 5.67. The van der Waals surface area contributed by atoms with Gasteiger partial charge in [0.25, 0.3) is 0 Å². The molecule has 4 nitrogen and oxygen atoms in total. The van der Waals surface area contributed by atoms with Crippen molar-refractivity contribution in [3.05, 3.63) is 0 Å². The molecular formula is C13H26N2O2. The third kappa shape index (κ3) is 5.39. The lowest BCUT2D eigenvalue weighted by atomic mass is 9.74. The molecule has 0 aromatic rings. The van der Waals surface area contributed by atoms with Gasteiger partial charge in [-0.05, 0) is 59.8 Å². The van der Waals surface area contributed by atoms with Gasteiger partial charge in [-0.2, -0.15) is 0 Å². The molecule has 1 aliphatic carbocycles. The van der Waals surface area contributed by atoms with E-state index >= 15 is 0 Å². The highest BCUT2D eigenvalue weighted by Crippen LogP contribution is 2.33. The number of hydrogen-bond acceptors (Lipinski definition) is 3. The number of hydrogen-bond donors (Lipinski definition) is 2. The first kappa shape index (κ1) is 14.3. The lowest BCUT2D eigenvalue weighted by Gasteiger charge is -2.39. The first-order valence-corrected chi connectivity index (χ1v) is 6.49. The van der Waals surface area contributed by atoms with Crippen LogP contribution in [0, 0.1) is 0 Å². The molecule has 3 N–H and O–H groups in total. The van der Waals surface area contributed by atoms with Gasteiger partial charge >= 0.3 is 6.09 Å². The molecule has 100 valence electrons. The summed E-state index contributed by atoms with van der Waals surface area (Å²) in [5.74, 6) is 0. The van der Waals surface area contributed by atoms with Gasteiger partial charge in [0.05, 0.1) is 0 Å². The van der Waals surface area contributed by atoms with Gasteiger partial charge in [-0.15, -0.1) is 0 Å². The Morgan fingerprint density at radius 1 is 1.47 bits per heavy atom. The quantitative estimate of drug-likeness (QED) is 0.796. The second-order valence-corrected chi connectivity index (χ2v) is 6.30. The lowest BCUT2D eigenvalue weighted by Crippen LogP contribution is -2.47. The van der Waals surface area contributed by atoms with Crippen molar-refractivity contribution >= 4 is 6.09 Å². The average Bonchev–Trinajstić information content (AvgIpc) is 2.08. The molecule has 1 fully saturated rings. The smallest absolute Gasteiger partial charge is 0.407 e. The second-order valence-electron chi connectivity index (χ2n) is 6.30. The maximum atomic E-state index is 11.5. The second kappa shape index (κ2) is 5.25. The summed E-state index contributed by atoms with van der Waals surface area (Å²) in [5.41, 5.74) is 5.73. The fourth-order valence-electron chi connectivity index (χ4n) is 1.97. The van der Waals surface area contributed by atoms with E-state index < -0.39 is 5.60 Å². The third-order valence-electron chi connectivity index (χ3n) is 3.19. The van der Waals surface area contributed by atoms with E-state index in [2.05, 4.69) is 5.32 Å². The van der Waals surface area contributed by atoms with Gasteiger partial charge in [0.15, 0.2) is 0 Å². The van der Waals surface area contributed by atoms with Gasteiger partial charge in [0.2, 0.25) is 0 Å². The first-order valence-electron chi connectivity index (χ1n) is 6.49. The van der Waals surface area contributed by atoms with Crippen molar-refractivity contribution in [2.75, 3.05) is 0 Å². The SMILES string of the molecule is CC(CCC1(N)CCC1)NC(=O)OC(C)(C)C. The molecule has 1 amide bonds. The van der Waals surface area contributed by atoms with Gasteiger partial charge in [-0.25, -0.2) is 4.79 Å². The molecule has 0 aromatic carbocycles. The number of carbonyl (C=O) groups is 1. The Labute approximate surface area is 104 Å². The number of rotatable bonds is 4. The van der Waals surface area contributed by atoms with E-state index in [1.165, 1.54) is 6.42 Å². The molecule has 0 aromatic heterocycles. The molecule has 1 aliphatic rings. The van der Waals surface area contributed by atoms with Gasteiger partial charge in [-0.1, -0.05) is 0 Å². The van der Waals surface area contributed by atoms with Crippen molar-refractivity contribution in [2.45, 2.75) is 77.0 Å². The summed E-state index contributed by atoms with van der Waals surface area (Å²) in [7, 11) is 0. The average molecular weight is 242 g/mol. The normalized spacial score (nSPS) is 20.3. The zero-order valence-electron chi connectivity index (χ0n) is 11.5. The van der Waals surface area contributed by atoms with Crippen molar-refractivity contribution in [1.29, 1.82) is 0 Å². The summed E-state index contributed by atoms with van der Waals surface area (Å²) >= 11 is 0. The molecule has 0 spiro atoms. The minimum Gasteiger partial charge on any atom is -0.444 e. The number of nitrogens with two attached hydrogens (primary N) is 1.